The molecule has 0 spiro atoms. The van der Waals surface area contributed by atoms with Crippen LogP contribution in [0.5, 0.6) is 0 Å². The number of thiophene rings is 1. The lowest BCUT2D eigenvalue weighted by molar-refractivity contribution is 0.0954. The highest BCUT2D eigenvalue weighted by atomic mass is 32.1. The van der Waals surface area contributed by atoms with Gasteiger partial charge in [-0.25, -0.2) is 9.37 Å². The predicted octanol–water partition coefficient (Wildman–Crippen LogP) is 4.86. The van der Waals surface area contributed by atoms with Crippen molar-refractivity contribution < 1.29 is 9.18 Å². The van der Waals surface area contributed by atoms with E-state index in [0.29, 0.717) is 28.3 Å². The summed E-state index contributed by atoms with van der Waals surface area (Å²) in [5.74, 6) is -0.0733. The van der Waals surface area contributed by atoms with Crippen LogP contribution >= 0.6 is 22.7 Å². The zero-order chi connectivity index (χ0) is 16.6. The van der Waals surface area contributed by atoms with Crippen LogP contribution in [0.4, 0.5) is 4.39 Å². The number of halogens is 1. The molecular formula is C17H17FN2OS2. The van der Waals surface area contributed by atoms with E-state index in [1.807, 2.05) is 11.4 Å². The maximum atomic E-state index is 13.9. The summed E-state index contributed by atoms with van der Waals surface area (Å²) in [6.07, 6.45) is 0. The average molecular weight is 348 g/mol. The summed E-state index contributed by atoms with van der Waals surface area (Å²) in [5, 5.41) is 6.45. The van der Waals surface area contributed by atoms with Crippen LogP contribution in [0, 0.1) is 12.7 Å². The molecule has 2 heterocycles. The van der Waals surface area contributed by atoms with Gasteiger partial charge in [-0.2, -0.15) is 0 Å². The maximum absolute atomic E-state index is 13.9. The lowest BCUT2D eigenvalue weighted by Crippen LogP contribution is -2.22. The minimum Gasteiger partial charge on any atom is -0.346 e. The minimum absolute atomic E-state index is 0.179. The van der Waals surface area contributed by atoms with Crippen LogP contribution < -0.4 is 5.32 Å². The third-order valence-corrected chi connectivity index (χ3v) is 6.05. The average Bonchev–Trinajstić information content (AvgIpc) is 3.11. The van der Waals surface area contributed by atoms with Crippen molar-refractivity contribution >= 4 is 38.7 Å². The van der Waals surface area contributed by atoms with E-state index >= 15 is 0 Å². The van der Waals surface area contributed by atoms with Crippen LogP contribution in [0.15, 0.2) is 23.6 Å². The molecule has 0 aliphatic rings. The normalized spacial score (nSPS) is 11.3. The van der Waals surface area contributed by atoms with E-state index in [4.69, 9.17) is 0 Å². The molecule has 0 fully saturated rings. The Hall–Kier alpha value is -1.79. The fourth-order valence-corrected chi connectivity index (χ4v) is 4.36. The molecule has 1 N–H and O–H groups in total. The van der Waals surface area contributed by atoms with E-state index in [1.165, 1.54) is 17.4 Å². The van der Waals surface area contributed by atoms with Crippen LogP contribution in [-0.2, 0) is 6.54 Å². The molecule has 120 valence electrons. The van der Waals surface area contributed by atoms with Crippen molar-refractivity contribution in [1.82, 2.24) is 10.3 Å². The monoisotopic (exact) mass is 348 g/mol. The van der Waals surface area contributed by atoms with Crippen molar-refractivity contribution in [2.45, 2.75) is 33.2 Å². The Balaban J connectivity index is 1.78. The highest BCUT2D eigenvalue weighted by Gasteiger charge is 2.18. The highest BCUT2D eigenvalue weighted by Crippen LogP contribution is 2.32. The first kappa shape index (κ1) is 16.1. The molecule has 0 aliphatic heterocycles. The van der Waals surface area contributed by atoms with Gasteiger partial charge in [-0.1, -0.05) is 19.9 Å². The number of carbonyl (C=O) groups is 1. The third-order valence-electron chi connectivity index (χ3n) is 3.60. The fourth-order valence-electron chi connectivity index (χ4n) is 2.39. The van der Waals surface area contributed by atoms with Crippen LogP contribution in [0.25, 0.3) is 10.1 Å². The predicted molar refractivity (Wildman–Crippen MR) is 93.9 cm³/mol. The Kier molecular flexibility index (Phi) is 4.46. The van der Waals surface area contributed by atoms with Gasteiger partial charge in [-0.05, 0) is 24.6 Å². The lowest BCUT2D eigenvalue weighted by Gasteiger charge is -2.03. The summed E-state index contributed by atoms with van der Waals surface area (Å²) in [6.45, 7) is 6.36. The number of carbonyl (C=O) groups excluding carboxylic acids is 1. The van der Waals surface area contributed by atoms with E-state index < -0.39 is 0 Å². The zero-order valence-corrected chi connectivity index (χ0v) is 14.8. The van der Waals surface area contributed by atoms with Gasteiger partial charge in [0, 0.05) is 21.4 Å². The molecule has 0 saturated carbocycles. The number of amides is 1. The molecule has 6 heteroatoms. The smallest absolute Gasteiger partial charge is 0.261 e. The summed E-state index contributed by atoms with van der Waals surface area (Å²) < 4.78 is 14.7. The number of rotatable bonds is 4. The van der Waals surface area contributed by atoms with Crippen LogP contribution in [-0.4, -0.2) is 10.9 Å². The second-order valence-corrected chi connectivity index (χ2v) is 7.63. The number of thiazole rings is 1. The molecule has 23 heavy (non-hydrogen) atoms. The number of hydrogen-bond acceptors (Lipinski definition) is 4. The zero-order valence-electron chi connectivity index (χ0n) is 13.1. The van der Waals surface area contributed by atoms with Crippen molar-refractivity contribution in [1.29, 1.82) is 0 Å². The lowest BCUT2D eigenvalue weighted by atomic mass is 10.1. The number of aromatic nitrogens is 1. The van der Waals surface area contributed by atoms with Gasteiger partial charge in [-0.15, -0.1) is 22.7 Å². The van der Waals surface area contributed by atoms with Gasteiger partial charge in [-0.3, -0.25) is 4.79 Å². The second-order valence-electron chi connectivity index (χ2n) is 5.68. The standard InChI is InChI=1S/C17H17FN2OS2/c1-9(2)17-20-11(8-22-17)7-19-16(21)15-10(3)14-12(18)5-4-6-13(14)23-15/h4-6,8-9H,7H2,1-3H3,(H,19,21). The Bertz CT molecular complexity index is 867. The first-order valence-corrected chi connectivity index (χ1v) is 9.07. The number of fused-ring (bicyclic) bond motifs is 1. The third kappa shape index (κ3) is 3.14. The summed E-state index contributed by atoms with van der Waals surface area (Å²) in [5.41, 5.74) is 1.55. The van der Waals surface area contributed by atoms with E-state index in [-0.39, 0.29) is 11.7 Å². The second kappa shape index (κ2) is 6.37. The van der Waals surface area contributed by atoms with E-state index in [9.17, 15) is 9.18 Å². The number of hydrogen-bond donors (Lipinski definition) is 1. The van der Waals surface area contributed by atoms with Crippen LogP contribution in [0.1, 0.15) is 45.7 Å². The van der Waals surface area contributed by atoms with Crippen LogP contribution in [0.2, 0.25) is 0 Å². The minimum atomic E-state index is -0.281. The number of nitrogens with zero attached hydrogens (tertiary/aromatic N) is 1. The molecule has 0 bridgehead atoms. The van der Waals surface area contributed by atoms with Crippen molar-refractivity contribution in [3.63, 3.8) is 0 Å². The molecule has 1 amide bonds. The summed E-state index contributed by atoms with van der Waals surface area (Å²) in [6, 6.07) is 4.92. The molecule has 0 atom stereocenters. The molecule has 3 aromatic rings. The van der Waals surface area contributed by atoms with Gasteiger partial charge in [0.1, 0.15) is 5.82 Å². The molecule has 0 radical (unpaired) electrons. The van der Waals surface area contributed by atoms with Crippen LogP contribution in [0.3, 0.4) is 0 Å². The molecule has 0 unspecified atom stereocenters. The van der Waals surface area contributed by atoms with Gasteiger partial charge in [0.05, 0.1) is 22.1 Å². The number of aryl methyl sites for hydroxylation is 1. The highest BCUT2D eigenvalue weighted by molar-refractivity contribution is 7.21. The van der Waals surface area contributed by atoms with Crippen molar-refractivity contribution in [3.8, 4) is 0 Å². The molecule has 2 aromatic heterocycles. The van der Waals surface area contributed by atoms with Crippen molar-refractivity contribution in [3.05, 3.63) is 50.5 Å². The van der Waals surface area contributed by atoms with Crippen molar-refractivity contribution in [2.24, 2.45) is 0 Å². The molecule has 3 rings (SSSR count). The molecule has 0 saturated heterocycles. The number of benzene rings is 1. The molecular weight excluding hydrogens is 331 g/mol. The Morgan fingerprint density at radius 2 is 2.17 bits per heavy atom. The Morgan fingerprint density at radius 3 is 2.83 bits per heavy atom. The maximum Gasteiger partial charge on any atom is 0.261 e. The van der Waals surface area contributed by atoms with Gasteiger partial charge >= 0.3 is 0 Å². The topological polar surface area (TPSA) is 42.0 Å². The largest absolute Gasteiger partial charge is 0.346 e. The summed E-state index contributed by atoms with van der Waals surface area (Å²) in [7, 11) is 0. The Labute approximate surface area is 142 Å². The summed E-state index contributed by atoms with van der Waals surface area (Å²) >= 11 is 2.93. The van der Waals surface area contributed by atoms with Gasteiger partial charge in [0.25, 0.3) is 5.91 Å². The van der Waals surface area contributed by atoms with Gasteiger partial charge in [0.2, 0.25) is 0 Å². The van der Waals surface area contributed by atoms with Crippen molar-refractivity contribution in [2.75, 3.05) is 0 Å². The van der Waals surface area contributed by atoms with Gasteiger partial charge in [0.15, 0.2) is 0 Å². The number of nitrogens with one attached hydrogen (secondary N) is 1. The SMILES string of the molecule is Cc1c(C(=O)NCc2csc(C(C)C)n2)sc2cccc(F)c12. The first-order valence-electron chi connectivity index (χ1n) is 7.37. The first-order chi connectivity index (χ1) is 11.0. The molecule has 0 aliphatic carbocycles. The fraction of sp³-hybridized carbons (Fsp3) is 0.294. The quantitative estimate of drug-likeness (QED) is 0.732. The molecule has 3 nitrogen and oxygen atoms in total. The molecule has 1 aromatic carbocycles. The van der Waals surface area contributed by atoms with E-state index in [1.54, 1.807) is 24.3 Å². The Morgan fingerprint density at radius 1 is 1.39 bits per heavy atom. The van der Waals surface area contributed by atoms with Gasteiger partial charge < -0.3 is 5.32 Å². The van der Waals surface area contributed by atoms with E-state index in [2.05, 4.69) is 24.1 Å². The summed E-state index contributed by atoms with van der Waals surface area (Å²) in [4.78, 5) is 17.5. The van der Waals surface area contributed by atoms with E-state index in [0.717, 1.165) is 15.4 Å².